The Kier molecular flexibility index (Phi) is 7.09. The number of nitrogens with one attached hydrogen (secondary N) is 1. The molecule has 10 heteroatoms. The minimum Gasteiger partial charge on any atom is -0.494 e. The standard InChI is InChI=1S/C20H20ClFN2O5S/c1-28-18-6-2-14(12-17(18)22)3-7-20(25)23-15-4-5-16(21)19(13-15)30(26,27)24-8-10-29-11-9-24/h2-7,12-13H,8-11H2,1H3,(H,23,25)/b7-3+. The van der Waals surface area contributed by atoms with Gasteiger partial charge in [0, 0.05) is 24.9 Å². The van der Waals surface area contributed by atoms with Gasteiger partial charge in [0.15, 0.2) is 11.6 Å². The topological polar surface area (TPSA) is 84.9 Å². The largest absolute Gasteiger partial charge is 0.494 e. The number of benzene rings is 2. The fourth-order valence-electron chi connectivity index (χ4n) is 2.85. The predicted octanol–water partition coefficient (Wildman–Crippen LogP) is 3.16. The SMILES string of the molecule is COc1ccc(/C=C/C(=O)Nc2ccc(Cl)c(S(=O)(=O)N3CCOCC3)c2)cc1F. The Hall–Kier alpha value is -2.46. The van der Waals surface area contributed by atoms with Gasteiger partial charge in [-0.05, 0) is 42.0 Å². The van der Waals surface area contributed by atoms with Crippen molar-refractivity contribution in [1.82, 2.24) is 4.31 Å². The van der Waals surface area contributed by atoms with Gasteiger partial charge in [0.05, 0.1) is 25.3 Å². The number of anilines is 1. The second-order valence-electron chi connectivity index (χ2n) is 6.38. The summed E-state index contributed by atoms with van der Waals surface area (Å²) in [4.78, 5) is 12.1. The Morgan fingerprint density at radius 2 is 1.97 bits per heavy atom. The monoisotopic (exact) mass is 454 g/mol. The van der Waals surface area contributed by atoms with E-state index in [0.29, 0.717) is 18.8 Å². The van der Waals surface area contributed by atoms with Gasteiger partial charge in [0.2, 0.25) is 15.9 Å². The molecule has 0 aromatic heterocycles. The molecule has 0 radical (unpaired) electrons. The van der Waals surface area contributed by atoms with Gasteiger partial charge in [-0.3, -0.25) is 4.79 Å². The lowest BCUT2D eigenvalue weighted by Gasteiger charge is -2.26. The summed E-state index contributed by atoms with van der Waals surface area (Å²) in [6.45, 7) is 1.08. The third-order valence-electron chi connectivity index (χ3n) is 4.39. The van der Waals surface area contributed by atoms with Crippen molar-refractivity contribution in [3.05, 3.63) is 58.9 Å². The van der Waals surface area contributed by atoms with Crippen molar-refractivity contribution in [2.45, 2.75) is 4.90 Å². The second-order valence-corrected chi connectivity index (χ2v) is 8.69. The number of morpholine rings is 1. The number of hydrogen-bond donors (Lipinski definition) is 1. The summed E-state index contributed by atoms with van der Waals surface area (Å²) in [5.41, 5.74) is 0.733. The molecule has 0 spiro atoms. The molecule has 0 bridgehead atoms. The average Bonchev–Trinajstić information content (AvgIpc) is 2.74. The lowest BCUT2D eigenvalue weighted by molar-refractivity contribution is -0.111. The van der Waals surface area contributed by atoms with Crippen LogP contribution in [0, 0.1) is 5.82 Å². The van der Waals surface area contributed by atoms with Gasteiger partial charge in [-0.1, -0.05) is 17.7 Å². The van der Waals surface area contributed by atoms with E-state index in [4.69, 9.17) is 21.1 Å². The molecule has 1 saturated heterocycles. The molecule has 0 aliphatic carbocycles. The molecular formula is C20H20ClFN2O5S. The number of rotatable bonds is 6. The molecule has 1 fully saturated rings. The van der Waals surface area contributed by atoms with Crippen LogP contribution < -0.4 is 10.1 Å². The van der Waals surface area contributed by atoms with Crippen LogP contribution in [0.5, 0.6) is 5.75 Å². The first-order valence-corrected chi connectivity index (χ1v) is 10.8. The molecular weight excluding hydrogens is 435 g/mol. The number of ether oxygens (including phenoxy) is 2. The molecule has 0 atom stereocenters. The van der Waals surface area contributed by atoms with E-state index in [1.54, 1.807) is 6.07 Å². The van der Waals surface area contributed by atoms with Crippen molar-refractivity contribution >= 4 is 39.3 Å². The highest BCUT2D eigenvalue weighted by Gasteiger charge is 2.28. The van der Waals surface area contributed by atoms with Gasteiger partial charge >= 0.3 is 0 Å². The highest BCUT2D eigenvalue weighted by Crippen LogP contribution is 2.28. The molecule has 7 nitrogen and oxygen atoms in total. The summed E-state index contributed by atoms with van der Waals surface area (Å²) in [5, 5.41) is 2.64. The normalized spacial score (nSPS) is 15.3. The maximum Gasteiger partial charge on any atom is 0.248 e. The number of carbonyl (C=O) groups is 1. The van der Waals surface area contributed by atoms with Crippen LogP contribution >= 0.6 is 11.6 Å². The molecule has 2 aromatic carbocycles. The van der Waals surface area contributed by atoms with Gasteiger partial charge < -0.3 is 14.8 Å². The first kappa shape index (κ1) is 22.2. The van der Waals surface area contributed by atoms with E-state index in [-0.39, 0.29) is 34.4 Å². The zero-order valence-electron chi connectivity index (χ0n) is 16.1. The molecule has 160 valence electrons. The highest BCUT2D eigenvalue weighted by atomic mass is 35.5. The molecule has 0 saturated carbocycles. The predicted molar refractivity (Wildman–Crippen MR) is 112 cm³/mol. The number of hydrogen-bond acceptors (Lipinski definition) is 5. The third kappa shape index (κ3) is 5.17. The average molecular weight is 455 g/mol. The van der Waals surface area contributed by atoms with E-state index in [1.807, 2.05) is 0 Å². The fraction of sp³-hybridized carbons (Fsp3) is 0.250. The van der Waals surface area contributed by atoms with Gasteiger partial charge in [0.1, 0.15) is 4.90 Å². The fourth-order valence-corrected chi connectivity index (χ4v) is 4.76. The van der Waals surface area contributed by atoms with E-state index in [0.717, 1.165) is 0 Å². The van der Waals surface area contributed by atoms with Crippen LogP contribution in [-0.4, -0.2) is 52.0 Å². The van der Waals surface area contributed by atoms with Gasteiger partial charge in [-0.15, -0.1) is 0 Å². The maximum atomic E-state index is 13.7. The number of nitrogens with zero attached hydrogens (tertiary/aromatic N) is 1. The maximum absolute atomic E-state index is 13.7. The van der Waals surface area contributed by atoms with Crippen LogP contribution in [0.1, 0.15) is 5.56 Å². The summed E-state index contributed by atoms with van der Waals surface area (Å²) >= 11 is 6.11. The second kappa shape index (κ2) is 9.57. The van der Waals surface area contributed by atoms with Crippen LogP contribution in [0.2, 0.25) is 5.02 Å². The molecule has 0 unspecified atom stereocenters. The van der Waals surface area contributed by atoms with Gasteiger partial charge in [-0.2, -0.15) is 4.31 Å². The quantitative estimate of drug-likeness (QED) is 0.678. The number of sulfonamides is 1. The Morgan fingerprint density at radius 1 is 1.23 bits per heavy atom. The van der Waals surface area contributed by atoms with Crippen molar-refractivity contribution in [2.75, 3.05) is 38.7 Å². The zero-order valence-corrected chi connectivity index (χ0v) is 17.7. The van der Waals surface area contributed by atoms with E-state index in [2.05, 4.69) is 5.32 Å². The van der Waals surface area contributed by atoms with Crippen LogP contribution in [0.15, 0.2) is 47.4 Å². The first-order chi connectivity index (χ1) is 14.3. The van der Waals surface area contributed by atoms with Crippen molar-refractivity contribution in [1.29, 1.82) is 0 Å². The first-order valence-electron chi connectivity index (χ1n) is 9.01. The molecule has 1 heterocycles. The lowest BCUT2D eigenvalue weighted by atomic mass is 10.2. The summed E-state index contributed by atoms with van der Waals surface area (Å²) in [5.74, 6) is -0.953. The Balaban J connectivity index is 1.74. The Labute approximate surface area is 179 Å². The lowest BCUT2D eigenvalue weighted by Crippen LogP contribution is -2.40. The number of amides is 1. The summed E-state index contributed by atoms with van der Waals surface area (Å²) in [7, 11) is -2.46. The van der Waals surface area contributed by atoms with Crippen LogP contribution in [0.25, 0.3) is 6.08 Å². The van der Waals surface area contributed by atoms with E-state index < -0.39 is 21.7 Å². The summed E-state index contributed by atoms with van der Waals surface area (Å²) in [6, 6.07) is 8.51. The highest BCUT2D eigenvalue weighted by molar-refractivity contribution is 7.89. The van der Waals surface area contributed by atoms with Gasteiger partial charge in [-0.25, -0.2) is 12.8 Å². The van der Waals surface area contributed by atoms with E-state index in [9.17, 15) is 17.6 Å². The van der Waals surface area contributed by atoms with Crippen molar-refractivity contribution in [3.8, 4) is 5.75 Å². The number of halogens is 2. The molecule has 1 amide bonds. The molecule has 3 rings (SSSR count). The van der Waals surface area contributed by atoms with Gasteiger partial charge in [0.25, 0.3) is 0 Å². The van der Waals surface area contributed by atoms with E-state index in [1.165, 1.54) is 53.9 Å². The minimum absolute atomic E-state index is 0.0590. The van der Waals surface area contributed by atoms with Crippen LogP contribution in [0.3, 0.4) is 0 Å². The van der Waals surface area contributed by atoms with Crippen LogP contribution in [-0.2, 0) is 19.6 Å². The molecule has 1 aliphatic heterocycles. The van der Waals surface area contributed by atoms with Crippen LogP contribution in [0.4, 0.5) is 10.1 Å². The zero-order chi connectivity index (χ0) is 21.7. The minimum atomic E-state index is -3.82. The van der Waals surface area contributed by atoms with Crippen molar-refractivity contribution in [2.24, 2.45) is 0 Å². The molecule has 2 aromatic rings. The Morgan fingerprint density at radius 3 is 2.63 bits per heavy atom. The number of methoxy groups -OCH3 is 1. The third-order valence-corrected chi connectivity index (χ3v) is 6.77. The number of carbonyl (C=O) groups excluding carboxylic acids is 1. The summed E-state index contributed by atoms with van der Waals surface area (Å²) < 4.78 is 50.8. The molecule has 1 N–H and O–H groups in total. The Bertz CT molecular complexity index is 1070. The van der Waals surface area contributed by atoms with Crippen molar-refractivity contribution in [3.63, 3.8) is 0 Å². The molecule has 30 heavy (non-hydrogen) atoms. The smallest absolute Gasteiger partial charge is 0.248 e. The summed E-state index contributed by atoms with van der Waals surface area (Å²) in [6.07, 6.45) is 2.64. The van der Waals surface area contributed by atoms with E-state index >= 15 is 0 Å². The van der Waals surface area contributed by atoms with Crippen molar-refractivity contribution < 1.29 is 27.1 Å². The molecule has 1 aliphatic rings.